The molecule has 0 radical (unpaired) electrons. The molecular weight excluding hydrogens is 310 g/mol. The molecule has 2 aliphatic rings. The van der Waals surface area contributed by atoms with Crippen molar-refractivity contribution < 1.29 is 4.39 Å². The maximum atomic E-state index is 13.3. The predicted octanol–water partition coefficient (Wildman–Crippen LogP) is 4.86. The largest absolute Gasteiger partial charge is 0.380 e. The molecule has 1 aliphatic carbocycles. The topological polar surface area (TPSA) is 24.1 Å². The molecule has 1 heterocycles. The molecule has 3 atom stereocenters. The Hall–Kier alpha value is -0.510. The first-order chi connectivity index (χ1) is 10.1. The van der Waals surface area contributed by atoms with Crippen molar-refractivity contribution in [1.82, 2.24) is 5.32 Å². The van der Waals surface area contributed by atoms with E-state index in [1.165, 1.54) is 44.2 Å². The Bertz CT molecular complexity index is 480. The van der Waals surface area contributed by atoms with E-state index < -0.39 is 5.82 Å². The summed E-state index contributed by atoms with van der Waals surface area (Å²) in [5.74, 6) is 0.201. The van der Waals surface area contributed by atoms with Crippen LogP contribution in [0.25, 0.3) is 0 Å². The summed E-state index contributed by atoms with van der Waals surface area (Å²) >= 11 is 12.3. The summed E-state index contributed by atoms with van der Waals surface area (Å²) in [6.07, 6.45) is 7.35. The molecule has 3 unspecified atom stereocenters. The molecule has 0 bridgehead atoms. The van der Waals surface area contributed by atoms with Gasteiger partial charge < -0.3 is 10.6 Å². The van der Waals surface area contributed by atoms with Crippen LogP contribution in [0.5, 0.6) is 0 Å². The second-order valence-corrected chi connectivity index (χ2v) is 6.96. The van der Waals surface area contributed by atoms with Gasteiger partial charge in [-0.05, 0) is 50.3 Å². The van der Waals surface area contributed by atoms with Crippen molar-refractivity contribution in [1.29, 1.82) is 0 Å². The van der Waals surface area contributed by atoms with Gasteiger partial charge in [-0.25, -0.2) is 4.39 Å². The Kier molecular flexibility index (Phi) is 4.92. The minimum Gasteiger partial charge on any atom is -0.380 e. The molecule has 3 rings (SSSR count). The first-order valence-electron chi connectivity index (χ1n) is 7.79. The van der Waals surface area contributed by atoms with E-state index in [0.717, 1.165) is 13.0 Å². The monoisotopic (exact) mass is 330 g/mol. The van der Waals surface area contributed by atoms with Crippen LogP contribution in [0.3, 0.4) is 0 Å². The Labute approximate surface area is 135 Å². The number of anilines is 1. The summed E-state index contributed by atoms with van der Waals surface area (Å²) in [4.78, 5) is 0. The Morgan fingerprint density at radius 1 is 1.05 bits per heavy atom. The summed E-state index contributed by atoms with van der Waals surface area (Å²) in [6, 6.07) is 3.58. The third-order valence-corrected chi connectivity index (χ3v) is 5.37. The highest BCUT2D eigenvalue weighted by molar-refractivity contribution is 6.39. The van der Waals surface area contributed by atoms with Crippen LogP contribution >= 0.6 is 23.2 Å². The van der Waals surface area contributed by atoms with Gasteiger partial charge >= 0.3 is 0 Å². The average molecular weight is 331 g/mol. The highest BCUT2D eigenvalue weighted by Gasteiger charge is 2.33. The van der Waals surface area contributed by atoms with Gasteiger partial charge in [0.25, 0.3) is 0 Å². The van der Waals surface area contributed by atoms with Crippen LogP contribution in [-0.4, -0.2) is 18.6 Å². The van der Waals surface area contributed by atoms with Crippen LogP contribution in [0.4, 0.5) is 10.1 Å². The van der Waals surface area contributed by atoms with Crippen LogP contribution in [0.15, 0.2) is 12.1 Å². The van der Waals surface area contributed by atoms with E-state index in [4.69, 9.17) is 23.2 Å². The summed E-state index contributed by atoms with van der Waals surface area (Å²) in [5, 5.41) is 7.84. The molecule has 5 heteroatoms. The number of nitrogens with one attached hydrogen (secondary N) is 2. The van der Waals surface area contributed by atoms with E-state index in [9.17, 15) is 4.39 Å². The molecule has 1 aliphatic heterocycles. The summed E-state index contributed by atoms with van der Waals surface area (Å²) < 4.78 is 13.3. The maximum absolute atomic E-state index is 13.3. The smallest absolute Gasteiger partial charge is 0.126 e. The molecule has 1 aromatic rings. The number of halogens is 3. The van der Waals surface area contributed by atoms with Crippen molar-refractivity contribution in [2.45, 2.75) is 50.6 Å². The van der Waals surface area contributed by atoms with E-state index in [2.05, 4.69) is 10.6 Å². The van der Waals surface area contributed by atoms with Crippen molar-refractivity contribution in [3.8, 4) is 0 Å². The number of hydrogen-bond acceptors (Lipinski definition) is 2. The fourth-order valence-corrected chi connectivity index (χ4v) is 4.33. The van der Waals surface area contributed by atoms with Gasteiger partial charge in [-0.1, -0.05) is 36.0 Å². The SMILES string of the molecule is Fc1cc(Cl)c(NC2CCCCC2C2CCCN2)c(Cl)c1. The van der Waals surface area contributed by atoms with E-state index >= 15 is 0 Å². The minimum atomic E-state index is -0.395. The lowest BCUT2D eigenvalue weighted by atomic mass is 9.79. The Balaban J connectivity index is 1.78. The van der Waals surface area contributed by atoms with Crippen molar-refractivity contribution >= 4 is 28.9 Å². The Morgan fingerprint density at radius 3 is 2.43 bits per heavy atom. The fraction of sp³-hybridized carbons (Fsp3) is 0.625. The van der Waals surface area contributed by atoms with Crippen LogP contribution in [0.1, 0.15) is 38.5 Å². The third-order valence-electron chi connectivity index (χ3n) is 4.77. The van der Waals surface area contributed by atoms with Crippen molar-refractivity contribution in [3.63, 3.8) is 0 Å². The highest BCUT2D eigenvalue weighted by Crippen LogP contribution is 2.37. The zero-order chi connectivity index (χ0) is 14.8. The highest BCUT2D eigenvalue weighted by atomic mass is 35.5. The number of benzene rings is 1. The van der Waals surface area contributed by atoms with Gasteiger partial charge in [0.05, 0.1) is 15.7 Å². The molecule has 1 aromatic carbocycles. The lowest BCUT2D eigenvalue weighted by Gasteiger charge is -2.37. The van der Waals surface area contributed by atoms with E-state index in [-0.39, 0.29) is 0 Å². The van der Waals surface area contributed by atoms with Gasteiger partial charge in [-0.15, -0.1) is 0 Å². The maximum Gasteiger partial charge on any atom is 0.126 e. The summed E-state index contributed by atoms with van der Waals surface area (Å²) in [7, 11) is 0. The van der Waals surface area contributed by atoms with Crippen LogP contribution in [-0.2, 0) is 0 Å². The van der Waals surface area contributed by atoms with E-state index in [1.54, 1.807) is 0 Å². The van der Waals surface area contributed by atoms with E-state index in [1.807, 2.05) is 0 Å². The van der Waals surface area contributed by atoms with Gasteiger partial charge in [0.1, 0.15) is 5.82 Å². The minimum absolute atomic E-state index is 0.356. The fourth-order valence-electron chi connectivity index (χ4n) is 3.76. The molecule has 116 valence electrons. The van der Waals surface area contributed by atoms with Crippen molar-refractivity contribution in [2.75, 3.05) is 11.9 Å². The Morgan fingerprint density at radius 2 is 1.76 bits per heavy atom. The number of hydrogen-bond donors (Lipinski definition) is 2. The van der Waals surface area contributed by atoms with Gasteiger partial charge in [0.15, 0.2) is 0 Å². The van der Waals surface area contributed by atoms with Gasteiger partial charge in [0, 0.05) is 12.1 Å². The van der Waals surface area contributed by atoms with Gasteiger partial charge in [-0.2, -0.15) is 0 Å². The molecule has 2 nitrogen and oxygen atoms in total. The second kappa shape index (κ2) is 6.72. The molecule has 21 heavy (non-hydrogen) atoms. The first-order valence-corrected chi connectivity index (χ1v) is 8.55. The first kappa shape index (κ1) is 15.4. The molecule has 2 N–H and O–H groups in total. The molecular formula is C16H21Cl2FN2. The third kappa shape index (κ3) is 3.46. The normalized spacial score (nSPS) is 29.6. The second-order valence-electron chi connectivity index (χ2n) is 6.15. The summed E-state index contributed by atoms with van der Waals surface area (Å²) in [5.41, 5.74) is 0.676. The average Bonchev–Trinajstić information content (AvgIpc) is 2.97. The van der Waals surface area contributed by atoms with Crippen LogP contribution in [0, 0.1) is 11.7 Å². The van der Waals surface area contributed by atoms with E-state index in [0.29, 0.717) is 33.7 Å². The quantitative estimate of drug-likeness (QED) is 0.827. The van der Waals surface area contributed by atoms with Gasteiger partial charge in [0.2, 0.25) is 0 Å². The molecule has 2 fully saturated rings. The molecule has 1 saturated carbocycles. The lowest BCUT2D eigenvalue weighted by molar-refractivity contribution is 0.263. The zero-order valence-electron chi connectivity index (χ0n) is 12.0. The van der Waals surface area contributed by atoms with Crippen LogP contribution < -0.4 is 10.6 Å². The molecule has 0 spiro atoms. The van der Waals surface area contributed by atoms with Crippen molar-refractivity contribution in [2.24, 2.45) is 5.92 Å². The molecule has 0 aromatic heterocycles. The number of rotatable bonds is 3. The summed E-state index contributed by atoms with van der Waals surface area (Å²) in [6.45, 7) is 1.12. The molecule has 1 saturated heterocycles. The molecule has 0 amide bonds. The zero-order valence-corrected chi connectivity index (χ0v) is 13.5. The predicted molar refractivity (Wildman–Crippen MR) is 86.8 cm³/mol. The standard InChI is InChI=1S/C16H21Cl2FN2/c17-12-8-10(19)9-13(18)16(12)21-15-5-2-1-4-11(15)14-6-3-7-20-14/h8-9,11,14-15,20-21H,1-7H2. The van der Waals surface area contributed by atoms with Crippen molar-refractivity contribution in [3.05, 3.63) is 28.0 Å². The van der Waals surface area contributed by atoms with Gasteiger partial charge in [-0.3, -0.25) is 0 Å². The van der Waals surface area contributed by atoms with Crippen LogP contribution in [0.2, 0.25) is 10.0 Å². The lowest BCUT2D eigenvalue weighted by Crippen LogP contribution is -2.43.